The van der Waals surface area contributed by atoms with E-state index in [1.54, 1.807) is 4.68 Å². The molecule has 0 bridgehead atoms. The van der Waals surface area contributed by atoms with Crippen LogP contribution in [0.5, 0.6) is 0 Å². The Labute approximate surface area is 144 Å². The van der Waals surface area contributed by atoms with E-state index in [-0.39, 0.29) is 11.9 Å². The second-order valence-electron chi connectivity index (χ2n) is 6.53. The number of rotatable bonds is 4. The van der Waals surface area contributed by atoms with Crippen LogP contribution in [0.3, 0.4) is 0 Å². The van der Waals surface area contributed by atoms with Crippen molar-refractivity contribution in [1.29, 1.82) is 0 Å². The van der Waals surface area contributed by atoms with Gasteiger partial charge in [-0.3, -0.25) is 9.20 Å². The number of amides is 1. The molecule has 1 aliphatic rings. The van der Waals surface area contributed by atoms with Crippen LogP contribution in [-0.4, -0.2) is 40.7 Å². The lowest BCUT2D eigenvalue weighted by molar-refractivity contribution is -0.133. The summed E-state index contributed by atoms with van der Waals surface area (Å²) in [6, 6.07) is 5.43. The van der Waals surface area contributed by atoms with E-state index in [0.717, 1.165) is 37.8 Å². The standard InChI is InChI=1S/C16H20N8O/c1-12(14-20-19-13-7-3-6-10-23(13)14)18-15(25)16(8-4-2-5-9-16)24-11-17-21-22-24/h3,6-7,10-12H,2,4-5,8-9H2,1H3,(H,18,25)/t12-/m1/s1. The minimum Gasteiger partial charge on any atom is -0.344 e. The first-order valence-corrected chi connectivity index (χ1v) is 8.55. The fourth-order valence-electron chi connectivity index (χ4n) is 3.60. The van der Waals surface area contributed by atoms with E-state index in [0.29, 0.717) is 5.82 Å². The van der Waals surface area contributed by atoms with Crippen molar-refractivity contribution >= 4 is 11.6 Å². The SMILES string of the molecule is C[C@@H](NC(=O)C1(n2cnnn2)CCCCC1)c1nnc2ccccn12. The zero-order valence-corrected chi connectivity index (χ0v) is 14.0. The average molecular weight is 340 g/mol. The number of carbonyl (C=O) groups excluding carboxylic acids is 1. The zero-order valence-electron chi connectivity index (χ0n) is 14.0. The van der Waals surface area contributed by atoms with Crippen molar-refractivity contribution < 1.29 is 4.79 Å². The van der Waals surface area contributed by atoms with Gasteiger partial charge in [0.25, 0.3) is 0 Å². The van der Waals surface area contributed by atoms with Gasteiger partial charge in [-0.05, 0) is 42.3 Å². The first-order chi connectivity index (χ1) is 12.2. The Morgan fingerprint density at radius 3 is 2.84 bits per heavy atom. The molecule has 0 radical (unpaired) electrons. The molecule has 3 heterocycles. The Bertz CT molecular complexity index is 865. The van der Waals surface area contributed by atoms with Crippen LogP contribution in [0.25, 0.3) is 5.65 Å². The summed E-state index contributed by atoms with van der Waals surface area (Å²) in [7, 11) is 0. The third-order valence-electron chi connectivity index (χ3n) is 4.97. The van der Waals surface area contributed by atoms with Crippen LogP contribution in [0.15, 0.2) is 30.7 Å². The lowest BCUT2D eigenvalue weighted by Crippen LogP contribution is -2.51. The van der Waals surface area contributed by atoms with Gasteiger partial charge >= 0.3 is 0 Å². The monoisotopic (exact) mass is 340 g/mol. The molecule has 1 fully saturated rings. The van der Waals surface area contributed by atoms with Gasteiger partial charge in [0.05, 0.1) is 6.04 Å². The topological polar surface area (TPSA) is 103 Å². The maximum Gasteiger partial charge on any atom is 0.248 e. The van der Waals surface area contributed by atoms with Crippen molar-refractivity contribution in [3.05, 3.63) is 36.5 Å². The molecule has 25 heavy (non-hydrogen) atoms. The van der Waals surface area contributed by atoms with Crippen molar-refractivity contribution in [2.45, 2.75) is 50.6 Å². The largest absolute Gasteiger partial charge is 0.344 e. The predicted octanol–water partition coefficient (Wildman–Crippen LogP) is 1.25. The van der Waals surface area contributed by atoms with Crippen molar-refractivity contribution in [3.8, 4) is 0 Å². The van der Waals surface area contributed by atoms with Gasteiger partial charge in [0.15, 0.2) is 11.5 Å². The maximum absolute atomic E-state index is 13.2. The zero-order chi connectivity index (χ0) is 17.3. The first-order valence-electron chi connectivity index (χ1n) is 8.55. The molecule has 9 nitrogen and oxygen atoms in total. The van der Waals surface area contributed by atoms with Gasteiger partial charge < -0.3 is 5.32 Å². The van der Waals surface area contributed by atoms with Crippen LogP contribution in [0.4, 0.5) is 0 Å². The predicted molar refractivity (Wildman–Crippen MR) is 88.4 cm³/mol. The minimum atomic E-state index is -0.726. The Hall–Kier alpha value is -2.84. The number of tetrazole rings is 1. The van der Waals surface area contributed by atoms with E-state index in [4.69, 9.17) is 0 Å². The Balaban J connectivity index is 1.61. The third-order valence-corrected chi connectivity index (χ3v) is 4.97. The first kappa shape index (κ1) is 15.7. The number of nitrogens with zero attached hydrogens (tertiary/aromatic N) is 7. The summed E-state index contributed by atoms with van der Waals surface area (Å²) < 4.78 is 3.49. The Kier molecular flexibility index (Phi) is 3.90. The molecule has 0 spiro atoms. The molecule has 0 aliphatic heterocycles. The van der Waals surface area contributed by atoms with E-state index < -0.39 is 5.54 Å². The minimum absolute atomic E-state index is 0.0697. The van der Waals surface area contributed by atoms with E-state index in [1.165, 1.54) is 6.33 Å². The molecular formula is C16H20N8O. The van der Waals surface area contributed by atoms with Gasteiger partial charge in [-0.15, -0.1) is 15.3 Å². The second kappa shape index (κ2) is 6.23. The fourth-order valence-corrected chi connectivity index (χ4v) is 3.60. The Morgan fingerprint density at radius 2 is 2.08 bits per heavy atom. The van der Waals surface area contributed by atoms with E-state index in [1.807, 2.05) is 35.7 Å². The van der Waals surface area contributed by atoms with E-state index in [2.05, 4.69) is 31.0 Å². The third kappa shape index (κ3) is 2.65. The van der Waals surface area contributed by atoms with Crippen LogP contribution < -0.4 is 5.32 Å². The summed E-state index contributed by atoms with van der Waals surface area (Å²) in [6.45, 7) is 1.91. The highest BCUT2D eigenvalue weighted by atomic mass is 16.2. The summed E-state index contributed by atoms with van der Waals surface area (Å²) in [6.07, 6.45) is 7.98. The van der Waals surface area contributed by atoms with Crippen LogP contribution in [0.2, 0.25) is 0 Å². The molecule has 3 aromatic heterocycles. The molecule has 130 valence electrons. The summed E-state index contributed by atoms with van der Waals surface area (Å²) in [5, 5.41) is 22.9. The number of pyridine rings is 1. The van der Waals surface area contributed by atoms with Crippen molar-refractivity contribution in [3.63, 3.8) is 0 Å². The number of hydrogen-bond acceptors (Lipinski definition) is 6. The fraction of sp³-hybridized carbons (Fsp3) is 0.500. The van der Waals surface area contributed by atoms with Crippen LogP contribution >= 0.6 is 0 Å². The molecule has 1 atom stereocenters. The quantitative estimate of drug-likeness (QED) is 0.767. The van der Waals surface area contributed by atoms with Crippen molar-refractivity contribution in [2.24, 2.45) is 0 Å². The summed E-state index contributed by atoms with van der Waals surface area (Å²) >= 11 is 0. The van der Waals surface area contributed by atoms with Gasteiger partial charge in [-0.1, -0.05) is 25.3 Å². The molecule has 0 saturated heterocycles. The summed E-state index contributed by atoms with van der Waals surface area (Å²) in [5.74, 6) is 0.631. The van der Waals surface area contributed by atoms with Gasteiger partial charge in [-0.25, -0.2) is 4.68 Å². The van der Waals surface area contributed by atoms with Crippen LogP contribution in [-0.2, 0) is 10.3 Å². The molecule has 1 aliphatic carbocycles. The molecule has 0 unspecified atom stereocenters. The second-order valence-corrected chi connectivity index (χ2v) is 6.53. The Morgan fingerprint density at radius 1 is 1.24 bits per heavy atom. The highest BCUT2D eigenvalue weighted by Crippen LogP contribution is 2.35. The number of carbonyl (C=O) groups is 1. The number of aromatic nitrogens is 7. The average Bonchev–Trinajstić information content (AvgIpc) is 3.32. The molecule has 4 rings (SSSR count). The summed E-state index contributed by atoms with van der Waals surface area (Å²) in [4.78, 5) is 13.2. The van der Waals surface area contributed by atoms with Gasteiger partial charge in [0.2, 0.25) is 5.91 Å². The highest BCUT2D eigenvalue weighted by molar-refractivity contribution is 5.84. The highest BCUT2D eigenvalue weighted by Gasteiger charge is 2.43. The molecule has 3 aromatic rings. The normalized spacial score (nSPS) is 18.1. The van der Waals surface area contributed by atoms with Gasteiger partial charge in [-0.2, -0.15) is 0 Å². The summed E-state index contributed by atoms with van der Waals surface area (Å²) in [5.41, 5.74) is 0.0303. The van der Waals surface area contributed by atoms with Crippen molar-refractivity contribution in [2.75, 3.05) is 0 Å². The van der Waals surface area contributed by atoms with Gasteiger partial charge in [0.1, 0.15) is 11.9 Å². The van der Waals surface area contributed by atoms with Crippen molar-refractivity contribution in [1.82, 2.24) is 40.1 Å². The van der Waals surface area contributed by atoms with E-state index in [9.17, 15) is 4.79 Å². The number of fused-ring (bicyclic) bond motifs is 1. The van der Waals surface area contributed by atoms with Crippen LogP contribution in [0.1, 0.15) is 50.9 Å². The lowest BCUT2D eigenvalue weighted by atomic mass is 9.81. The van der Waals surface area contributed by atoms with Crippen LogP contribution in [0, 0.1) is 0 Å². The molecule has 1 amide bonds. The maximum atomic E-state index is 13.2. The lowest BCUT2D eigenvalue weighted by Gasteiger charge is -2.35. The number of nitrogens with one attached hydrogen (secondary N) is 1. The molecule has 0 aromatic carbocycles. The van der Waals surface area contributed by atoms with Gasteiger partial charge in [0, 0.05) is 6.20 Å². The smallest absolute Gasteiger partial charge is 0.248 e. The number of hydrogen-bond donors (Lipinski definition) is 1. The molecular weight excluding hydrogens is 320 g/mol. The molecule has 9 heteroatoms. The van der Waals surface area contributed by atoms with E-state index >= 15 is 0 Å². The molecule has 1 saturated carbocycles. The molecule has 1 N–H and O–H groups in total.